The Kier molecular flexibility index (Phi) is 2.76. The van der Waals surface area contributed by atoms with E-state index in [4.69, 9.17) is 0 Å². The summed E-state index contributed by atoms with van der Waals surface area (Å²) >= 11 is 0. The van der Waals surface area contributed by atoms with E-state index in [1.165, 1.54) is 24.3 Å². The van der Waals surface area contributed by atoms with Crippen molar-refractivity contribution in [1.82, 2.24) is 0 Å². The van der Waals surface area contributed by atoms with Crippen LogP contribution in [0.3, 0.4) is 0 Å². The molecular weight excluding hydrogens is 233 g/mol. The van der Waals surface area contributed by atoms with E-state index in [2.05, 4.69) is 0 Å². The minimum Gasteiger partial charge on any atom is -0.269 e. The maximum absolute atomic E-state index is 12.2. The fourth-order valence-corrected chi connectivity index (χ4v) is 1.81. The van der Waals surface area contributed by atoms with Gasteiger partial charge < -0.3 is 0 Å². The van der Waals surface area contributed by atoms with Gasteiger partial charge in [0, 0.05) is 5.69 Å². The first-order valence-electron chi connectivity index (χ1n) is 3.35. The second-order valence-electron chi connectivity index (χ2n) is 2.32. The van der Waals surface area contributed by atoms with Crippen molar-refractivity contribution < 1.29 is 20.7 Å². The van der Waals surface area contributed by atoms with Crippen LogP contribution in [0, 0.1) is 0 Å². The largest absolute Gasteiger partial charge is 0.429 e. The maximum atomic E-state index is 12.2. The topological polar surface area (TPSA) is 80.3 Å². The van der Waals surface area contributed by atoms with Crippen molar-refractivity contribution in [2.24, 2.45) is 0 Å². The lowest BCUT2D eigenvalue weighted by molar-refractivity contribution is 0.554. The van der Waals surface area contributed by atoms with Crippen LogP contribution in [-0.4, -0.2) is 16.8 Å². The Morgan fingerprint density at radius 3 is 1.93 bits per heavy atom. The third kappa shape index (κ3) is 2.42. The van der Waals surface area contributed by atoms with Crippen molar-refractivity contribution in [3.8, 4) is 0 Å². The third-order valence-electron chi connectivity index (χ3n) is 1.28. The molecule has 0 aliphatic carbocycles. The van der Waals surface area contributed by atoms with Crippen molar-refractivity contribution in [2.45, 2.75) is 0 Å². The first-order valence-corrected chi connectivity index (χ1v) is 6.74. The lowest BCUT2D eigenvalue weighted by Gasteiger charge is -2.02. The van der Waals surface area contributed by atoms with Crippen molar-refractivity contribution in [1.29, 1.82) is 0 Å². The Morgan fingerprint density at radius 1 is 1.00 bits per heavy atom. The zero-order valence-electron chi connectivity index (χ0n) is 6.71. The third-order valence-corrected chi connectivity index (χ3v) is 4.11. The molecule has 0 atom stereocenters. The minimum atomic E-state index is -5.64. The molecule has 0 radical (unpaired) electrons. The second kappa shape index (κ2) is 3.54. The number of para-hydroxylation sites is 1. The molecule has 14 heavy (non-hydrogen) atoms. The lowest BCUT2D eigenvalue weighted by atomic mass is 10.3. The van der Waals surface area contributed by atoms with Gasteiger partial charge in [-0.05, 0) is 12.1 Å². The van der Waals surface area contributed by atoms with Gasteiger partial charge >= 0.3 is 18.3 Å². The van der Waals surface area contributed by atoms with Crippen LogP contribution >= 0.6 is 0 Å². The quantitative estimate of drug-likeness (QED) is 0.620. The number of benzene rings is 1. The van der Waals surface area contributed by atoms with Crippen LogP contribution < -0.4 is 4.72 Å². The Morgan fingerprint density at radius 2 is 1.50 bits per heavy atom. The highest BCUT2D eigenvalue weighted by atomic mass is 33.2. The van der Waals surface area contributed by atoms with Gasteiger partial charge in [0.2, 0.25) is 0 Å². The number of hydrogen-bond donors (Lipinski definition) is 1. The number of rotatable bonds is 3. The molecule has 0 fully saturated rings. The summed E-state index contributed by atoms with van der Waals surface area (Å²) in [6.45, 7) is 0. The van der Waals surface area contributed by atoms with Crippen LogP contribution in [0.1, 0.15) is 0 Å². The molecule has 1 rings (SSSR count). The van der Waals surface area contributed by atoms with E-state index < -0.39 is 18.3 Å². The number of anilines is 1. The second-order valence-corrected chi connectivity index (χ2v) is 6.72. The van der Waals surface area contributed by atoms with Gasteiger partial charge in [0.05, 0.1) is 0 Å². The summed E-state index contributed by atoms with van der Waals surface area (Å²) in [6.07, 6.45) is 0. The number of nitrogens with one attached hydrogen (secondary N) is 1. The molecule has 0 unspecified atom stereocenters. The fraction of sp³-hybridized carbons (Fsp3) is 0. The summed E-state index contributed by atoms with van der Waals surface area (Å²) in [5, 5.41) is 0. The molecule has 0 amide bonds. The molecule has 0 heterocycles. The summed E-state index contributed by atoms with van der Waals surface area (Å²) in [6, 6.07) is 7.14. The monoisotopic (exact) mass is 239 g/mol. The van der Waals surface area contributed by atoms with E-state index in [0.717, 1.165) is 0 Å². The molecule has 8 heteroatoms. The van der Waals surface area contributed by atoms with Crippen LogP contribution in [0.4, 0.5) is 9.57 Å². The normalized spacial score (nSPS) is 12.4. The first kappa shape index (κ1) is 10.9. The van der Waals surface area contributed by atoms with Crippen molar-refractivity contribution in [3.63, 3.8) is 0 Å². The predicted octanol–water partition coefficient (Wildman–Crippen LogP) is 0.643. The molecule has 1 aromatic carbocycles. The summed E-state index contributed by atoms with van der Waals surface area (Å²) < 4.78 is 55.5. The SMILES string of the molecule is O=S(=O)(F)S(=O)(=O)Nc1ccccc1. The molecule has 0 aliphatic rings. The predicted molar refractivity (Wildman–Crippen MR) is 49.0 cm³/mol. The zero-order valence-corrected chi connectivity index (χ0v) is 8.35. The van der Waals surface area contributed by atoms with Crippen LogP contribution in [0.25, 0.3) is 0 Å². The molecular formula is C6H6FNO4S2. The molecule has 78 valence electrons. The van der Waals surface area contributed by atoms with E-state index in [1.807, 2.05) is 0 Å². The minimum absolute atomic E-state index is 0.0197. The zero-order chi connectivity index (χ0) is 10.8. The maximum Gasteiger partial charge on any atom is 0.429 e. The van der Waals surface area contributed by atoms with Crippen molar-refractivity contribution >= 4 is 24.0 Å². The summed E-state index contributed by atoms with van der Waals surface area (Å²) in [4.78, 5) is 0. The summed E-state index contributed by atoms with van der Waals surface area (Å²) in [7, 11) is -10.6. The summed E-state index contributed by atoms with van der Waals surface area (Å²) in [5.41, 5.74) is -0.0197. The lowest BCUT2D eigenvalue weighted by Crippen LogP contribution is -2.19. The van der Waals surface area contributed by atoms with Gasteiger partial charge in [-0.25, -0.2) is 0 Å². The van der Waals surface area contributed by atoms with Crippen LogP contribution in [-0.2, 0) is 18.3 Å². The van der Waals surface area contributed by atoms with E-state index in [1.54, 1.807) is 10.8 Å². The van der Waals surface area contributed by atoms with Gasteiger partial charge in [-0.1, -0.05) is 22.1 Å². The Balaban J connectivity index is 3.03. The molecule has 1 aromatic rings. The highest BCUT2D eigenvalue weighted by molar-refractivity contribution is 8.65. The van der Waals surface area contributed by atoms with E-state index in [9.17, 15) is 20.7 Å². The van der Waals surface area contributed by atoms with Crippen LogP contribution in [0.5, 0.6) is 0 Å². The Hall–Kier alpha value is -1.15. The molecule has 0 saturated carbocycles. The molecule has 5 nitrogen and oxygen atoms in total. The fourth-order valence-electron chi connectivity index (χ4n) is 0.700. The van der Waals surface area contributed by atoms with Gasteiger partial charge in [0.1, 0.15) is 0 Å². The highest BCUT2D eigenvalue weighted by Gasteiger charge is 2.28. The number of hydrogen-bond acceptors (Lipinski definition) is 4. The number of halogens is 1. The summed E-state index contributed by atoms with van der Waals surface area (Å²) in [5.74, 6) is 0. The molecule has 0 aromatic heterocycles. The van der Waals surface area contributed by atoms with Gasteiger partial charge in [-0.15, -0.1) is 0 Å². The van der Waals surface area contributed by atoms with Gasteiger partial charge in [0.15, 0.2) is 0 Å². The standard InChI is InChI=1S/C6H6FNO4S2/c7-13(9,10)14(11,12)8-6-4-2-1-3-5-6/h1-5,8H. The molecule has 0 aliphatic heterocycles. The van der Waals surface area contributed by atoms with Gasteiger partial charge in [0.25, 0.3) is 0 Å². The highest BCUT2D eigenvalue weighted by Crippen LogP contribution is 2.12. The van der Waals surface area contributed by atoms with Crippen molar-refractivity contribution in [3.05, 3.63) is 30.3 Å². The van der Waals surface area contributed by atoms with Gasteiger partial charge in [-0.2, -0.15) is 16.8 Å². The molecule has 0 spiro atoms. The Labute approximate surface area is 80.2 Å². The average Bonchev–Trinajstić information content (AvgIpc) is 2.03. The molecule has 1 N–H and O–H groups in total. The smallest absolute Gasteiger partial charge is 0.269 e. The Bertz CT molecular complexity index is 508. The molecule has 0 saturated heterocycles. The molecule has 0 bridgehead atoms. The van der Waals surface area contributed by atoms with E-state index in [0.29, 0.717) is 0 Å². The van der Waals surface area contributed by atoms with Gasteiger partial charge in [-0.3, -0.25) is 4.72 Å². The van der Waals surface area contributed by atoms with Crippen LogP contribution in [0.15, 0.2) is 30.3 Å². The van der Waals surface area contributed by atoms with E-state index in [-0.39, 0.29) is 5.69 Å². The average molecular weight is 239 g/mol. The first-order chi connectivity index (χ1) is 6.33. The van der Waals surface area contributed by atoms with E-state index >= 15 is 0 Å². The van der Waals surface area contributed by atoms with Crippen LogP contribution in [0.2, 0.25) is 0 Å². The van der Waals surface area contributed by atoms with Crippen molar-refractivity contribution in [2.75, 3.05) is 4.72 Å².